The van der Waals surface area contributed by atoms with Crippen LogP contribution in [0.15, 0.2) is 35.8 Å². The third kappa shape index (κ3) is 4.18. The van der Waals surface area contributed by atoms with E-state index in [0.29, 0.717) is 24.9 Å². The van der Waals surface area contributed by atoms with E-state index in [0.717, 1.165) is 58.8 Å². The van der Waals surface area contributed by atoms with E-state index in [1.54, 1.807) is 11.3 Å². The first-order valence-corrected chi connectivity index (χ1v) is 12.1. The van der Waals surface area contributed by atoms with Crippen LogP contribution in [-0.2, 0) is 13.0 Å². The fourth-order valence-electron chi connectivity index (χ4n) is 4.43. The molecule has 0 spiro atoms. The van der Waals surface area contributed by atoms with Gasteiger partial charge in [-0.15, -0.1) is 11.3 Å². The molecule has 166 valence electrons. The second-order valence-electron chi connectivity index (χ2n) is 8.21. The number of aryl methyl sites for hydroxylation is 1. The molecule has 0 aliphatic heterocycles. The Morgan fingerprint density at radius 2 is 2.00 bits per heavy atom. The van der Waals surface area contributed by atoms with E-state index < -0.39 is 0 Å². The van der Waals surface area contributed by atoms with Crippen molar-refractivity contribution in [1.82, 2.24) is 24.5 Å². The van der Waals surface area contributed by atoms with E-state index in [9.17, 15) is 0 Å². The molecule has 0 aromatic carbocycles. The maximum atomic E-state index is 6.11. The Bertz CT molecular complexity index is 1180. The number of nitrogens with zero attached hydrogens (tertiary/aromatic N) is 5. The van der Waals surface area contributed by atoms with Crippen molar-refractivity contribution in [2.75, 3.05) is 17.6 Å². The van der Waals surface area contributed by atoms with Gasteiger partial charge in [-0.25, -0.2) is 4.98 Å². The standard InChI is InChI=1S/C23H28N8S/c24-11-3-8-19-28-20-21(29-23(25)30-22(20)31(19)16-5-1-2-6-16)27-14-15-9-10-17(26-13-15)18-7-4-12-32-18/h4,7,9-10,12-13,16H,1-3,5-6,8,11,14,24H2,(H3,25,27,29,30). The Morgan fingerprint density at radius 1 is 1.12 bits per heavy atom. The number of rotatable bonds is 8. The fraction of sp³-hybridized carbons (Fsp3) is 0.391. The molecule has 1 aliphatic carbocycles. The van der Waals surface area contributed by atoms with E-state index in [1.165, 1.54) is 12.8 Å². The fourth-order valence-corrected chi connectivity index (χ4v) is 5.13. The molecule has 1 saturated carbocycles. The summed E-state index contributed by atoms with van der Waals surface area (Å²) in [6.07, 6.45) is 8.39. The van der Waals surface area contributed by atoms with Crippen molar-refractivity contribution in [1.29, 1.82) is 0 Å². The van der Waals surface area contributed by atoms with Crippen LogP contribution < -0.4 is 16.8 Å². The van der Waals surface area contributed by atoms with Crippen LogP contribution in [-0.4, -0.2) is 31.0 Å². The van der Waals surface area contributed by atoms with Crippen LogP contribution >= 0.6 is 11.3 Å². The van der Waals surface area contributed by atoms with Crippen LogP contribution in [0.4, 0.5) is 11.8 Å². The van der Waals surface area contributed by atoms with Gasteiger partial charge in [-0.2, -0.15) is 9.97 Å². The summed E-state index contributed by atoms with van der Waals surface area (Å²) >= 11 is 1.69. The monoisotopic (exact) mass is 448 g/mol. The van der Waals surface area contributed by atoms with Gasteiger partial charge < -0.3 is 21.4 Å². The second kappa shape index (κ2) is 9.22. The van der Waals surface area contributed by atoms with Crippen molar-refractivity contribution in [2.45, 2.75) is 51.1 Å². The molecule has 8 nitrogen and oxygen atoms in total. The van der Waals surface area contributed by atoms with Gasteiger partial charge in [0, 0.05) is 25.2 Å². The first-order chi connectivity index (χ1) is 15.7. The van der Waals surface area contributed by atoms with E-state index in [4.69, 9.17) is 16.5 Å². The highest BCUT2D eigenvalue weighted by Gasteiger charge is 2.25. The Balaban J connectivity index is 1.43. The van der Waals surface area contributed by atoms with Gasteiger partial charge in [0.1, 0.15) is 5.82 Å². The molecular formula is C23H28N8S. The van der Waals surface area contributed by atoms with E-state index in [2.05, 4.69) is 42.3 Å². The minimum absolute atomic E-state index is 0.260. The molecule has 0 amide bonds. The molecule has 32 heavy (non-hydrogen) atoms. The minimum Gasteiger partial charge on any atom is -0.368 e. The number of nitrogen functional groups attached to an aromatic ring is 1. The topological polar surface area (TPSA) is 121 Å². The first-order valence-electron chi connectivity index (χ1n) is 11.2. The molecule has 5 rings (SSSR count). The summed E-state index contributed by atoms with van der Waals surface area (Å²) in [6.45, 7) is 1.22. The number of hydrogen-bond donors (Lipinski definition) is 3. The minimum atomic E-state index is 0.260. The third-order valence-corrected chi connectivity index (χ3v) is 6.88. The number of aromatic nitrogens is 5. The molecule has 0 unspecified atom stereocenters. The number of thiophene rings is 1. The zero-order valence-corrected chi connectivity index (χ0v) is 18.8. The highest BCUT2D eigenvalue weighted by atomic mass is 32.1. The van der Waals surface area contributed by atoms with E-state index >= 15 is 0 Å². The highest BCUT2D eigenvalue weighted by Crippen LogP contribution is 2.35. The van der Waals surface area contributed by atoms with Crippen molar-refractivity contribution in [3.05, 3.63) is 47.2 Å². The summed E-state index contributed by atoms with van der Waals surface area (Å²) < 4.78 is 2.29. The predicted molar refractivity (Wildman–Crippen MR) is 129 cm³/mol. The number of imidazole rings is 1. The molecule has 0 bridgehead atoms. The van der Waals surface area contributed by atoms with Crippen molar-refractivity contribution < 1.29 is 0 Å². The lowest BCUT2D eigenvalue weighted by molar-refractivity contribution is 0.504. The van der Waals surface area contributed by atoms with Crippen LogP contribution in [0.2, 0.25) is 0 Å². The average molecular weight is 449 g/mol. The Hall–Kier alpha value is -3.04. The number of nitrogens with two attached hydrogens (primary N) is 2. The van der Waals surface area contributed by atoms with Crippen molar-refractivity contribution >= 4 is 34.3 Å². The van der Waals surface area contributed by atoms with Gasteiger partial charge in [-0.3, -0.25) is 4.98 Å². The summed E-state index contributed by atoms with van der Waals surface area (Å²) in [5, 5.41) is 5.48. The molecule has 0 radical (unpaired) electrons. The van der Waals surface area contributed by atoms with Gasteiger partial charge in [0.25, 0.3) is 0 Å². The van der Waals surface area contributed by atoms with E-state index in [-0.39, 0.29) is 5.95 Å². The highest BCUT2D eigenvalue weighted by molar-refractivity contribution is 7.13. The summed E-state index contributed by atoms with van der Waals surface area (Å²) in [5.41, 5.74) is 15.5. The molecule has 4 aromatic rings. The molecule has 4 heterocycles. The third-order valence-electron chi connectivity index (χ3n) is 5.98. The summed E-state index contributed by atoms with van der Waals surface area (Å²) in [6, 6.07) is 8.67. The molecule has 9 heteroatoms. The molecule has 1 fully saturated rings. The normalized spacial score (nSPS) is 14.4. The molecular weight excluding hydrogens is 420 g/mol. The lowest BCUT2D eigenvalue weighted by atomic mass is 10.2. The molecule has 1 aliphatic rings. The number of nitrogens with one attached hydrogen (secondary N) is 1. The van der Waals surface area contributed by atoms with Crippen LogP contribution in [0.1, 0.15) is 49.5 Å². The Kier molecular flexibility index (Phi) is 6.00. The lowest BCUT2D eigenvalue weighted by Gasteiger charge is -2.16. The van der Waals surface area contributed by atoms with Gasteiger partial charge in [0.05, 0.1) is 10.6 Å². The molecule has 0 atom stereocenters. The van der Waals surface area contributed by atoms with Gasteiger partial charge in [-0.1, -0.05) is 25.0 Å². The van der Waals surface area contributed by atoms with Gasteiger partial charge in [0.2, 0.25) is 5.95 Å². The quantitative estimate of drug-likeness (QED) is 0.370. The summed E-state index contributed by atoms with van der Waals surface area (Å²) in [5.74, 6) is 1.96. The zero-order chi connectivity index (χ0) is 21.9. The first kappa shape index (κ1) is 20.8. The maximum Gasteiger partial charge on any atom is 0.224 e. The SMILES string of the molecule is NCCCc1nc2c(NCc3ccc(-c4cccs4)nc3)nc(N)nc2n1C1CCCC1. The van der Waals surface area contributed by atoms with Crippen molar-refractivity contribution in [3.63, 3.8) is 0 Å². The summed E-state index contributed by atoms with van der Waals surface area (Å²) in [7, 11) is 0. The molecule has 4 aromatic heterocycles. The Labute approximate surface area is 191 Å². The second-order valence-corrected chi connectivity index (χ2v) is 9.16. The van der Waals surface area contributed by atoms with Crippen LogP contribution in [0.3, 0.4) is 0 Å². The largest absolute Gasteiger partial charge is 0.368 e. The number of pyridine rings is 1. The molecule has 5 N–H and O–H groups in total. The number of hydrogen-bond acceptors (Lipinski definition) is 8. The van der Waals surface area contributed by atoms with Gasteiger partial charge >= 0.3 is 0 Å². The van der Waals surface area contributed by atoms with E-state index in [1.807, 2.05) is 18.3 Å². The van der Waals surface area contributed by atoms with Crippen molar-refractivity contribution in [2.24, 2.45) is 5.73 Å². The van der Waals surface area contributed by atoms with Crippen LogP contribution in [0, 0.1) is 0 Å². The van der Waals surface area contributed by atoms with Gasteiger partial charge in [0.15, 0.2) is 17.0 Å². The van der Waals surface area contributed by atoms with Crippen LogP contribution in [0.5, 0.6) is 0 Å². The van der Waals surface area contributed by atoms with Gasteiger partial charge in [-0.05, 0) is 48.9 Å². The van der Waals surface area contributed by atoms with Crippen molar-refractivity contribution in [3.8, 4) is 10.6 Å². The smallest absolute Gasteiger partial charge is 0.224 e. The average Bonchev–Trinajstić information content (AvgIpc) is 3.57. The Morgan fingerprint density at radius 3 is 2.72 bits per heavy atom. The maximum absolute atomic E-state index is 6.11. The zero-order valence-electron chi connectivity index (χ0n) is 18.0. The van der Waals surface area contributed by atoms with Crippen LogP contribution in [0.25, 0.3) is 21.7 Å². The summed E-state index contributed by atoms with van der Waals surface area (Å²) in [4.78, 5) is 19.8. The number of fused-ring (bicyclic) bond motifs is 1. The number of anilines is 2. The predicted octanol–water partition coefficient (Wildman–Crippen LogP) is 4.15. The lowest BCUT2D eigenvalue weighted by Crippen LogP contribution is -2.12. The molecule has 0 saturated heterocycles.